The molecule has 3 aromatic rings. The largest absolute Gasteiger partial charge is 0.361 e. The highest BCUT2D eigenvalue weighted by Gasteiger charge is 2.19. The number of aromatic nitrogens is 3. The van der Waals surface area contributed by atoms with E-state index in [2.05, 4.69) is 71.7 Å². The minimum Gasteiger partial charge on any atom is -0.361 e. The molecule has 0 aliphatic rings. The van der Waals surface area contributed by atoms with Gasteiger partial charge in [-0.25, -0.2) is 0 Å². The summed E-state index contributed by atoms with van der Waals surface area (Å²) in [6.07, 6.45) is 3.06. The molecular weight excluding hydrogens is 280 g/mol. The van der Waals surface area contributed by atoms with Crippen LogP contribution in [0.15, 0.2) is 30.5 Å². The van der Waals surface area contributed by atoms with Gasteiger partial charge in [-0.05, 0) is 18.1 Å². The summed E-state index contributed by atoms with van der Waals surface area (Å²) in [7, 11) is 0. The van der Waals surface area contributed by atoms with Crippen molar-refractivity contribution in [3.8, 4) is 0 Å². The monoisotopic (exact) mass is 300 g/mol. The van der Waals surface area contributed by atoms with E-state index in [-0.39, 0.29) is 5.41 Å². The second-order valence-electron chi connectivity index (χ2n) is 6.20. The minimum absolute atomic E-state index is 0.0639. The first-order chi connectivity index (χ1) is 10.0. The van der Waals surface area contributed by atoms with Crippen molar-refractivity contribution in [2.75, 3.05) is 11.9 Å². The molecule has 2 aromatic heterocycles. The number of aromatic amines is 1. The number of anilines is 1. The molecule has 0 saturated carbocycles. The fraction of sp³-hybridized carbons (Fsp3) is 0.375. The molecule has 110 valence electrons. The van der Waals surface area contributed by atoms with Crippen LogP contribution in [0, 0.1) is 0 Å². The summed E-state index contributed by atoms with van der Waals surface area (Å²) in [6.45, 7) is 7.33. The van der Waals surface area contributed by atoms with Gasteiger partial charge in [0.05, 0.1) is 0 Å². The van der Waals surface area contributed by atoms with Gasteiger partial charge in [0.25, 0.3) is 0 Å². The molecule has 0 radical (unpaired) electrons. The first kappa shape index (κ1) is 14.1. The van der Waals surface area contributed by atoms with Crippen LogP contribution in [-0.4, -0.2) is 21.7 Å². The van der Waals surface area contributed by atoms with Crippen LogP contribution in [0.4, 0.5) is 5.13 Å². The molecular formula is C16H20N4S. The van der Waals surface area contributed by atoms with Crippen LogP contribution in [0.5, 0.6) is 0 Å². The Labute approximate surface area is 128 Å². The molecule has 0 bridgehead atoms. The quantitative estimate of drug-likeness (QED) is 0.766. The highest BCUT2D eigenvalue weighted by Crippen LogP contribution is 2.27. The van der Waals surface area contributed by atoms with Crippen molar-refractivity contribution in [2.24, 2.45) is 0 Å². The standard InChI is InChI=1S/C16H20N4S/c1-16(2,3)14-19-20-15(21-14)17-9-8-11-10-18-13-7-5-4-6-12(11)13/h4-7,10,18H,8-9H2,1-3H3,(H,17,20). The van der Waals surface area contributed by atoms with Crippen molar-refractivity contribution in [3.63, 3.8) is 0 Å². The van der Waals surface area contributed by atoms with Crippen molar-refractivity contribution in [2.45, 2.75) is 32.6 Å². The van der Waals surface area contributed by atoms with Crippen molar-refractivity contribution in [3.05, 3.63) is 41.0 Å². The molecule has 0 fully saturated rings. The van der Waals surface area contributed by atoms with Gasteiger partial charge in [-0.3, -0.25) is 0 Å². The third kappa shape index (κ3) is 3.08. The Morgan fingerprint density at radius 1 is 1.19 bits per heavy atom. The van der Waals surface area contributed by atoms with Crippen molar-refractivity contribution in [1.82, 2.24) is 15.2 Å². The van der Waals surface area contributed by atoms with E-state index >= 15 is 0 Å². The van der Waals surface area contributed by atoms with Crippen LogP contribution in [-0.2, 0) is 11.8 Å². The summed E-state index contributed by atoms with van der Waals surface area (Å²) in [5.41, 5.74) is 2.59. The van der Waals surface area contributed by atoms with Crippen LogP contribution in [0.3, 0.4) is 0 Å². The van der Waals surface area contributed by atoms with E-state index in [1.54, 1.807) is 11.3 Å². The fourth-order valence-electron chi connectivity index (χ4n) is 2.24. The Hall–Kier alpha value is -1.88. The van der Waals surface area contributed by atoms with Crippen LogP contribution in [0.25, 0.3) is 10.9 Å². The maximum Gasteiger partial charge on any atom is 0.205 e. The van der Waals surface area contributed by atoms with E-state index in [1.165, 1.54) is 16.5 Å². The minimum atomic E-state index is 0.0639. The molecule has 0 aliphatic carbocycles. The zero-order chi connectivity index (χ0) is 14.9. The topological polar surface area (TPSA) is 53.6 Å². The molecule has 0 amide bonds. The summed E-state index contributed by atoms with van der Waals surface area (Å²) < 4.78 is 0. The Morgan fingerprint density at radius 3 is 2.76 bits per heavy atom. The lowest BCUT2D eigenvalue weighted by atomic mass is 9.98. The van der Waals surface area contributed by atoms with E-state index in [0.29, 0.717) is 0 Å². The van der Waals surface area contributed by atoms with Crippen LogP contribution >= 0.6 is 11.3 Å². The van der Waals surface area contributed by atoms with Crippen LogP contribution in [0.2, 0.25) is 0 Å². The van der Waals surface area contributed by atoms with Gasteiger partial charge in [0.1, 0.15) is 5.01 Å². The summed E-state index contributed by atoms with van der Waals surface area (Å²) in [4.78, 5) is 3.31. The molecule has 0 spiro atoms. The highest BCUT2D eigenvalue weighted by atomic mass is 32.1. The molecule has 2 heterocycles. The van der Waals surface area contributed by atoms with Gasteiger partial charge in [-0.1, -0.05) is 50.3 Å². The maximum atomic E-state index is 4.25. The number of hydrogen-bond acceptors (Lipinski definition) is 4. The Bertz CT molecular complexity index is 736. The molecule has 0 unspecified atom stereocenters. The first-order valence-corrected chi connectivity index (χ1v) is 7.98. The van der Waals surface area contributed by atoms with Gasteiger partial charge in [0, 0.05) is 29.1 Å². The number of H-pyrrole nitrogens is 1. The Balaban J connectivity index is 1.62. The average molecular weight is 300 g/mol. The summed E-state index contributed by atoms with van der Waals surface area (Å²) in [6, 6.07) is 8.39. The van der Waals surface area contributed by atoms with Crippen molar-refractivity contribution < 1.29 is 0 Å². The summed E-state index contributed by atoms with van der Waals surface area (Å²) >= 11 is 1.64. The molecule has 3 rings (SSSR count). The SMILES string of the molecule is CC(C)(C)c1nnc(NCCc2c[nH]c3ccccc23)s1. The number of hydrogen-bond donors (Lipinski definition) is 2. The lowest BCUT2D eigenvalue weighted by Gasteiger charge is -2.12. The molecule has 5 heteroatoms. The second kappa shape index (κ2) is 5.48. The molecule has 4 nitrogen and oxygen atoms in total. The summed E-state index contributed by atoms with van der Waals surface area (Å²) in [5, 5.41) is 15.1. The van der Waals surface area contributed by atoms with Gasteiger partial charge in [-0.2, -0.15) is 0 Å². The highest BCUT2D eigenvalue weighted by molar-refractivity contribution is 7.15. The third-order valence-corrected chi connectivity index (χ3v) is 4.72. The van der Waals surface area contributed by atoms with E-state index in [0.717, 1.165) is 23.1 Å². The second-order valence-corrected chi connectivity index (χ2v) is 7.18. The molecule has 0 aliphatic heterocycles. The first-order valence-electron chi connectivity index (χ1n) is 7.17. The van der Waals surface area contributed by atoms with E-state index < -0.39 is 0 Å². The predicted molar refractivity (Wildman–Crippen MR) is 89.1 cm³/mol. The maximum absolute atomic E-state index is 4.25. The number of rotatable bonds is 4. The molecule has 2 N–H and O–H groups in total. The van der Waals surface area contributed by atoms with Gasteiger partial charge in [0.15, 0.2) is 0 Å². The van der Waals surface area contributed by atoms with Gasteiger partial charge < -0.3 is 10.3 Å². The van der Waals surface area contributed by atoms with Crippen molar-refractivity contribution >= 4 is 27.4 Å². The van der Waals surface area contributed by atoms with Crippen molar-refractivity contribution in [1.29, 1.82) is 0 Å². The summed E-state index contributed by atoms with van der Waals surface area (Å²) in [5.74, 6) is 0. The number of nitrogens with zero attached hydrogens (tertiary/aromatic N) is 2. The van der Waals surface area contributed by atoms with E-state index in [9.17, 15) is 0 Å². The molecule has 21 heavy (non-hydrogen) atoms. The molecule has 0 saturated heterocycles. The molecule has 0 atom stereocenters. The smallest absolute Gasteiger partial charge is 0.205 e. The lowest BCUT2D eigenvalue weighted by Crippen LogP contribution is -2.10. The normalized spacial score (nSPS) is 12.0. The number of para-hydroxylation sites is 1. The number of benzene rings is 1. The zero-order valence-corrected chi connectivity index (χ0v) is 13.4. The van der Waals surface area contributed by atoms with E-state index in [1.807, 2.05) is 0 Å². The Morgan fingerprint density at radius 2 is 2.00 bits per heavy atom. The lowest BCUT2D eigenvalue weighted by molar-refractivity contribution is 0.578. The average Bonchev–Trinajstić information content (AvgIpc) is 3.06. The van der Waals surface area contributed by atoms with Gasteiger partial charge in [-0.15, -0.1) is 10.2 Å². The zero-order valence-electron chi connectivity index (χ0n) is 12.6. The fourth-order valence-corrected chi connectivity index (χ4v) is 3.07. The van der Waals surface area contributed by atoms with Crippen LogP contribution in [0.1, 0.15) is 31.3 Å². The van der Waals surface area contributed by atoms with E-state index in [4.69, 9.17) is 0 Å². The van der Waals surface area contributed by atoms with Gasteiger partial charge in [0.2, 0.25) is 5.13 Å². The Kier molecular flexibility index (Phi) is 3.68. The third-order valence-electron chi connectivity index (χ3n) is 3.41. The van der Waals surface area contributed by atoms with Gasteiger partial charge >= 0.3 is 0 Å². The molecule has 1 aromatic carbocycles. The van der Waals surface area contributed by atoms with Crippen LogP contribution < -0.4 is 5.32 Å². The number of nitrogens with one attached hydrogen (secondary N) is 2. The number of fused-ring (bicyclic) bond motifs is 1. The predicted octanol–water partition coefficient (Wildman–Crippen LogP) is 3.97.